The molecule has 0 radical (unpaired) electrons. The molecule has 2 aromatic heterocycles. The van der Waals surface area contributed by atoms with Crippen LogP contribution in [0.5, 0.6) is 11.5 Å². The van der Waals surface area contributed by atoms with E-state index in [4.69, 9.17) is 14.6 Å². The number of benzene rings is 1. The van der Waals surface area contributed by atoms with E-state index in [0.29, 0.717) is 18.5 Å². The normalized spacial score (nSPS) is 14.2. The molecule has 0 spiro atoms. The van der Waals surface area contributed by atoms with E-state index >= 15 is 0 Å². The summed E-state index contributed by atoms with van der Waals surface area (Å²) in [5.41, 5.74) is 0.778. The fourth-order valence-electron chi connectivity index (χ4n) is 4.34. The second-order valence-corrected chi connectivity index (χ2v) is 8.99. The first kappa shape index (κ1) is 26.5. The summed E-state index contributed by atoms with van der Waals surface area (Å²) in [6.07, 6.45) is 6.63. The van der Waals surface area contributed by atoms with Gasteiger partial charge in [-0.2, -0.15) is 0 Å². The van der Waals surface area contributed by atoms with Crippen LogP contribution in [0.25, 0.3) is 0 Å². The van der Waals surface area contributed by atoms with Crippen LogP contribution in [0.2, 0.25) is 0 Å². The molecule has 0 aliphatic carbocycles. The number of likely N-dealkylation sites (N-methyl/N-ethyl adjacent to an activating group) is 1. The third-order valence-electron chi connectivity index (χ3n) is 6.54. The summed E-state index contributed by atoms with van der Waals surface area (Å²) >= 11 is 0. The van der Waals surface area contributed by atoms with Gasteiger partial charge < -0.3 is 29.7 Å². The quantitative estimate of drug-likeness (QED) is 0.420. The van der Waals surface area contributed by atoms with E-state index < -0.39 is 11.6 Å². The number of anilines is 3. The number of aryl methyl sites for hydroxylation is 1. The molecule has 0 atom stereocenters. The number of aromatic nitrogens is 3. The third-order valence-corrected chi connectivity index (χ3v) is 6.54. The SMILES string of the molecule is COc1cc(C)c(F)c(COc2cnc(Nc3ccc(N4CCC(N(C)CCO)CC4)nc3)nc2)c1F. The van der Waals surface area contributed by atoms with Crippen molar-refractivity contribution >= 4 is 17.5 Å². The highest BCUT2D eigenvalue weighted by Gasteiger charge is 2.23. The number of hydrogen-bond acceptors (Lipinski definition) is 9. The molecular formula is C26H32F2N6O3. The second-order valence-electron chi connectivity index (χ2n) is 8.99. The number of aliphatic hydroxyl groups excluding tert-OH is 1. The highest BCUT2D eigenvalue weighted by atomic mass is 19.1. The van der Waals surface area contributed by atoms with E-state index in [1.165, 1.54) is 32.5 Å². The zero-order chi connectivity index (χ0) is 26.4. The molecule has 4 rings (SSSR count). The van der Waals surface area contributed by atoms with Crippen molar-refractivity contribution in [1.82, 2.24) is 19.9 Å². The van der Waals surface area contributed by atoms with E-state index in [1.807, 2.05) is 12.1 Å². The summed E-state index contributed by atoms with van der Waals surface area (Å²) in [4.78, 5) is 17.5. The molecule has 0 bridgehead atoms. The molecule has 3 heterocycles. The van der Waals surface area contributed by atoms with Crippen LogP contribution in [0.15, 0.2) is 36.8 Å². The Morgan fingerprint density at radius 1 is 1.11 bits per heavy atom. The second kappa shape index (κ2) is 12.1. The summed E-state index contributed by atoms with van der Waals surface area (Å²) in [5.74, 6) is 0.00958. The third kappa shape index (κ3) is 6.41. The predicted molar refractivity (Wildman–Crippen MR) is 136 cm³/mol. The van der Waals surface area contributed by atoms with Gasteiger partial charge in [0.15, 0.2) is 17.3 Å². The van der Waals surface area contributed by atoms with E-state index in [0.717, 1.165) is 37.4 Å². The van der Waals surface area contributed by atoms with Gasteiger partial charge in [0.25, 0.3) is 0 Å². The van der Waals surface area contributed by atoms with Gasteiger partial charge in [-0.05, 0) is 50.6 Å². The van der Waals surface area contributed by atoms with Crippen molar-refractivity contribution < 1.29 is 23.4 Å². The summed E-state index contributed by atoms with van der Waals surface area (Å²) < 4.78 is 39.3. The number of aliphatic hydroxyl groups is 1. The van der Waals surface area contributed by atoms with Crippen LogP contribution in [-0.2, 0) is 6.61 Å². The monoisotopic (exact) mass is 514 g/mol. The van der Waals surface area contributed by atoms with Crippen molar-refractivity contribution in [3.8, 4) is 11.5 Å². The molecule has 1 fully saturated rings. The fourth-order valence-corrected chi connectivity index (χ4v) is 4.34. The first-order valence-corrected chi connectivity index (χ1v) is 12.1. The van der Waals surface area contributed by atoms with Crippen molar-refractivity contribution in [1.29, 1.82) is 0 Å². The lowest BCUT2D eigenvalue weighted by Gasteiger charge is -2.37. The smallest absolute Gasteiger partial charge is 0.227 e. The van der Waals surface area contributed by atoms with E-state index in [2.05, 4.69) is 37.1 Å². The molecule has 3 aromatic rings. The molecule has 1 saturated heterocycles. The number of methoxy groups -OCH3 is 1. The minimum atomic E-state index is -0.792. The number of piperidine rings is 1. The first-order valence-electron chi connectivity index (χ1n) is 12.1. The summed E-state index contributed by atoms with van der Waals surface area (Å²) in [5, 5.41) is 12.2. The highest BCUT2D eigenvalue weighted by Crippen LogP contribution is 2.27. The van der Waals surface area contributed by atoms with Crippen molar-refractivity contribution in [3.63, 3.8) is 0 Å². The molecule has 1 aliphatic rings. The van der Waals surface area contributed by atoms with Gasteiger partial charge in [-0.15, -0.1) is 0 Å². The number of nitrogens with zero attached hydrogens (tertiary/aromatic N) is 5. The lowest BCUT2D eigenvalue weighted by Crippen LogP contribution is -2.44. The van der Waals surface area contributed by atoms with Gasteiger partial charge in [-0.1, -0.05) is 0 Å². The van der Waals surface area contributed by atoms with Crippen molar-refractivity contribution in [2.24, 2.45) is 0 Å². The van der Waals surface area contributed by atoms with Gasteiger partial charge in [0.05, 0.1) is 43.6 Å². The first-order chi connectivity index (χ1) is 17.9. The van der Waals surface area contributed by atoms with Gasteiger partial charge in [-0.25, -0.2) is 23.7 Å². The maximum absolute atomic E-state index is 14.4. The number of hydrogen-bond donors (Lipinski definition) is 2. The van der Waals surface area contributed by atoms with E-state index in [9.17, 15) is 8.78 Å². The van der Waals surface area contributed by atoms with Crippen LogP contribution >= 0.6 is 0 Å². The Morgan fingerprint density at radius 3 is 2.46 bits per heavy atom. The number of rotatable bonds is 10. The zero-order valence-electron chi connectivity index (χ0n) is 21.2. The molecule has 2 N–H and O–H groups in total. The Balaban J connectivity index is 1.31. The van der Waals surface area contributed by atoms with Crippen LogP contribution in [0, 0.1) is 18.6 Å². The molecule has 0 unspecified atom stereocenters. The lowest BCUT2D eigenvalue weighted by atomic mass is 10.0. The number of ether oxygens (including phenoxy) is 2. The number of pyridine rings is 1. The Kier molecular flexibility index (Phi) is 8.67. The minimum absolute atomic E-state index is 0.0388. The van der Waals surface area contributed by atoms with Crippen LogP contribution < -0.4 is 19.7 Å². The molecule has 37 heavy (non-hydrogen) atoms. The topological polar surface area (TPSA) is 95.9 Å². The average molecular weight is 515 g/mol. The number of halogens is 2. The van der Waals surface area contributed by atoms with Crippen molar-refractivity contribution in [2.75, 3.05) is 50.6 Å². The van der Waals surface area contributed by atoms with Crippen LogP contribution in [0.1, 0.15) is 24.0 Å². The Morgan fingerprint density at radius 2 is 1.84 bits per heavy atom. The molecule has 9 nitrogen and oxygen atoms in total. The molecule has 0 amide bonds. The molecule has 0 saturated carbocycles. The average Bonchev–Trinajstić information content (AvgIpc) is 2.92. The highest BCUT2D eigenvalue weighted by molar-refractivity contribution is 5.55. The largest absolute Gasteiger partial charge is 0.494 e. The fraction of sp³-hybridized carbons (Fsp3) is 0.423. The van der Waals surface area contributed by atoms with Crippen molar-refractivity contribution in [3.05, 3.63) is 59.6 Å². The Labute approximate surface area is 215 Å². The van der Waals surface area contributed by atoms with Crippen LogP contribution in [0.4, 0.5) is 26.2 Å². The molecular weight excluding hydrogens is 482 g/mol. The summed E-state index contributed by atoms with van der Waals surface area (Å²) in [6, 6.07) is 5.65. The molecule has 198 valence electrons. The van der Waals surface area contributed by atoms with Gasteiger partial charge >= 0.3 is 0 Å². The van der Waals surface area contributed by atoms with Crippen molar-refractivity contribution in [2.45, 2.75) is 32.4 Å². The minimum Gasteiger partial charge on any atom is -0.494 e. The number of nitrogens with one attached hydrogen (secondary N) is 1. The summed E-state index contributed by atoms with van der Waals surface area (Å²) in [7, 11) is 3.38. The molecule has 1 aromatic carbocycles. The van der Waals surface area contributed by atoms with E-state index in [1.54, 1.807) is 6.20 Å². The predicted octanol–water partition coefficient (Wildman–Crippen LogP) is 3.68. The standard InChI is InChI=1S/C26H32F2N6O3/c1-17-12-22(36-3)25(28)21(24(17)27)16-37-20-14-30-26(31-15-20)32-18-4-5-23(29-13-18)34-8-6-19(7-9-34)33(2)10-11-35/h4-5,12-15,19,35H,6-11,16H2,1-3H3,(H,30,31,32). The maximum Gasteiger partial charge on any atom is 0.227 e. The zero-order valence-corrected chi connectivity index (χ0v) is 21.2. The van der Waals surface area contributed by atoms with Crippen LogP contribution in [-0.4, -0.2) is 71.4 Å². The van der Waals surface area contributed by atoms with Gasteiger partial charge in [-0.3, -0.25) is 0 Å². The van der Waals surface area contributed by atoms with Gasteiger partial charge in [0.2, 0.25) is 5.95 Å². The summed E-state index contributed by atoms with van der Waals surface area (Å²) in [6.45, 7) is 3.90. The Hall–Kier alpha value is -3.57. The lowest BCUT2D eigenvalue weighted by molar-refractivity contribution is 0.161. The molecule has 11 heteroatoms. The van der Waals surface area contributed by atoms with Gasteiger partial charge in [0, 0.05) is 25.7 Å². The Bertz CT molecular complexity index is 1170. The van der Waals surface area contributed by atoms with Gasteiger partial charge in [0.1, 0.15) is 18.2 Å². The van der Waals surface area contributed by atoms with Crippen LogP contribution in [0.3, 0.4) is 0 Å². The van der Waals surface area contributed by atoms with E-state index in [-0.39, 0.29) is 35.8 Å². The molecule has 1 aliphatic heterocycles. The maximum atomic E-state index is 14.4.